The highest BCUT2D eigenvalue weighted by Gasteiger charge is 2.44. The van der Waals surface area contributed by atoms with Gasteiger partial charge in [0.05, 0.1) is 5.69 Å². The molecule has 0 atom stereocenters. The minimum Gasteiger partial charge on any atom is -0.311 e. The number of hydrogen-bond acceptors (Lipinski definition) is 3. The van der Waals surface area contributed by atoms with E-state index >= 15 is 0 Å². The molecule has 0 unspecified atom stereocenters. The van der Waals surface area contributed by atoms with Gasteiger partial charge in [-0.05, 0) is 139 Å². The third-order valence-electron chi connectivity index (χ3n) is 12.2. The lowest BCUT2D eigenvalue weighted by Gasteiger charge is -2.45. The van der Waals surface area contributed by atoms with Crippen LogP contribution in [0, 0.1) is 27.7 Å². The number of anilines is 9. The third-order valence-corrected chi connectivity index (χ3v) is 12.2. The minimum atomic E-state index is 0.0449. The van der Waals surface area contributed by atoms with Gasteiger partial charge >= 0.3 is 0 Å². The minimum absolute atomic E-state index is 0.0449. The second-order valence-corrected chi connectivity index (χ2v) is 18.7. The van der Waals surface area contributed by atoms with E-state index in [2.05, 4.69) is 230 Å². The van der Waals surface area contributed by atoms with Crippen molar-refractivity contribution in [2.75, 3.05) is 14.7 Å². The van der Waals surface area contributed by atoms with Crippen molar-refractivity contribution in [2.24, 2.45) is 0 Å². The topological polar surface area (TPSA) is 9.72 Å². The van der Waals surface area contributed by atoms with E-state index in [1.807, 2.05) is 0 Å². The first-order valence-corrected chi connectivity index (χ1v) is 20.8. The molecule has 0 aromatic heterocycles. The molecule has 0 saturated heterocycles. The monoisotopic (exact) mass is 755 g/mol. The summed E-state index contributed by atoms with van der Waals surface area (Å²) >= 11 is 0. The van der Waals surface area contributed by atoms with E-state index < -0.39 is 0 Å². The third kappa shape index (κ3) is 6.49. The van der Waals surface area contributed by atoms with E-state index in [0.29, 0.717) is 0 Å². The Morgan fingerprint density at radius 3 is 1.10 bits per heavy atom. The molecule has 0 N–H and O–H groups in total. The van der Waals surface area contributed by atoms with E-state index in [4.69, 9.17) is 0 Å². The molecule has 0 saturated carbocycles. The quantitative estimate of drug-likeness (QED) is 0.162. The van der Waals surface area contributed by atoms with Crippen molar-refractivity contribution in [3.8, 4) is 0 Å². The average molecular weight is 756 g/mol. The van der Waals surface area contributed by atoms with Crippen LogP contribution in [0.2, 0.25) is 0 Å². The highest BCUT2D eigenvalue weighted by Crippen LogP contribution is 2.48. The summed E-state index contributed by atoms with van der Waals surface area (Å²) in [5, 5.41) is 0. The van der Waals surface area contributed by atoms with Crippen molar-refractivity contribution in [1.29, 1.82) is 0 Å². The first-order valence-electron chi connectivity index (χ1n) is 20.8. The average Bonchev–Trinajstić information content (AvgIpc) is 3.19. The largest absolute Gasteiger partial charge is 0.311 e. The molecule has 288 valence electrons. The van der Waals surface area contributed by atoms with E-state index in [1.165, 1.54) is 72.5 Å². The Labute approximate surface area is 346 Å². The zero-order valence-electron chi connectivity index (χ0n) is 35.8. The van der Waals surface area contributed by atoms with Crippen molar-refractivity contribution < 1.29 is 0 Å². The van der Waals surface area contributed by atoms with Gasteiger partial charge in [-0.15, -0.1) is 0 Å². The fourth-order valence-corrected chi connectivity index (χ4v) is 8.97. The highest BCUT2D eigenvalue weighted by molar-refractivity contribution is 7.00. The Hall–Kier alpha value is -6.00. The summed E-state index contributed by atoms with van der Waals surface area (Å²) in [6, 6.07) is 55.5. The lowest BCUT2D eigenvalue weighted by Crippen LogP contribution is -2.61. The summed E-state index contributed by atoms with van der Waals surface area (Å²) in [4.78, 5) is 7.50. The van der Waals surface area contributed by atoms with Crippen LogP contribution >= 0.6 is 0 Å². The Balaban J connectivity index is 1.39. The normalized spacial score (nSPS) is 13.2. The molecule has 7 aromatic rings. The number of fused-ring (bicyclic) bond motifs is 4. The maximum absolute atomic E-state index is 2.52. The predicted molar refractivity (Wildman–Crippen MR) is 251 cm³/mol. The summed E-state index contributed by atoms with van der Waals surface area (Å²) in [5.41, 5.74) is 22.3. The summed E-state index contributed by atoms with van der Waals surface area (Å²) < 4.78 is 0. The summed E-state index contributed by atoms with van der Waals surface area (Å²) in [6.45, 7) is 22.6. The Morgan fingerprint density at radius 2 is 0.741 bits per heavy atom. The van der Waals surface area contributed by atoms with Crippen LogP contribution in [0.1, 0.15) is 74.9 Å². The van der Waals surface area contributed by atoms with Crippen LogP contribution in [0.3, 0.4) is 0 Å². The molecule has 58 heavy (non-hydrogen) atoms. The van der Waals surface area contributed by atoms with Crippen LogP contribution in [-0.4, -0.2) is 6.71 Å². The van der Waals surface area contributed by atoms with Gasteiger partial charge in [-0.3, -0.25) is 0 Å². The molecule has 2 aliphatic heterocycles. The molecule has 3 nitrogen and oxygen atoms in total. The van der Waals surface area contributed by atoms with Gasteiger partial charge in [0.1, 0.15) is 0 Å². The molecule has 2 aliphatic rings. The number of hydrogen-bond donors (Lipinski definition) is 0. The maximum atomic E-state index is 2.52. The highest BCUT2D eigenvalue weighted by atomic mass is 15.2. The van der Waals surface area contributed by atoms with Crippen LogP contribution in [0.25, 0.3) is 0 Å². The van der Waals surface area contributed by atoms with E-state index in [0.717, 1.165) is 28.4 Å². The van der Waals surface area contributed by atoms with Crippen LogP contribution in [0.4, 0.5) is 51.2 Å². The molecule has 2 heterocycles. The van der Waals surface area contributed by atoms with Crippen LogP contribution in [-0.2, 0) is 10.8 Å². The smallest absolute Gasteiger partial charge is 0.252 e. The molecule has 0 radical (unpaired) electrons. The SMILES string of the molecule is Cc1ccc(N2c3ccc(C)cc3B3c4cc(C)ccc4N(c4ccc(C)cc4)c4cc(N(c5ccc(C(C)(C)C)cc5)c5ccc(C(C)(C)C)cc5)cc2c43)cc1. The van der Waals surface area contributed by atoms with Crippen LogP contribution < -0.4 is 31.1 Å². The summed E-state index contributed by atoms with van der Waals surface area (Å²) in [7, 11) is 0. The van der Waals surface area contributed by atoms with Crippen molar-refractivity contribution in [1.82, 2.24) is 0 Å². The molecule has 0 bridgehead atoms. The van der Waals surface area contributed by atoms with Gasteiger partial charge in [0.25, 0.3) is 6.71 Å². The Bertz CT molecular complexity index is 2480. The lowest BCUT2D eigenvalue weighted by atomic mass is 9.33. The standard InChI is InChI=1S/C54H54BN3/c1-35-11-21-43(22-12-35)57-48-29-15-37(3)31-46(48)55-47-32-38(4)16-30-49(47)58(44-23-13-36(2)14-24-44)51-34-45(33-50(57)52(51)55)56(41-25-17-39(18-26-41)53(5,6)7)42-27-19-40(20-28-42)54(8,9)10/h11-34H,1-10H3. The Morgan fingerprint density at radius 1 is 0.379 bits per heavy atom. The van der Waals surface area contributed by atoms with Gasteiger partial charge in [0, 0.05) is 45.5 Å². The van der Waals surface area contributed by atoms with E-state index in [1.54, 1.807) is 0 Å². The molecular weight excluding hydrogens is 701 g/mol. The molecule has 0 aliphatic carbocycles. The number of aryl methyl sites for hydroxylation is 4. The van der Waals surface area contributed by atoms with Crippen LogP contribution in [0.15, 0.2) is 146 Å². The molecule has 7 aromatic carbocycles. The van der Waals surface area contributed by atoms with Crippen molar-refractivity contribution in [2.45, 2.75) is 80.1 Å². The molecule has 0 spiro atoms. The van der Waals surface area contributed by atoms with Crippen molar-refractivity contribution >= 4 is 74.3 Å². The van der Waals surface area contributed by atoms with E-state index in [9.17, 15) is 0 Å². The van der Waals surface area contributed by atoms with Crippen molar-refractivity contribution in [3.63, 3.8) is 0 Å². The lowest BCUT2D eigenvalue weighted by molar-refractivity contribution is 0.590. The summed E-state index contributed by atoms with van der Waals surface area (Å²) in [6.07, 6.45) is 0. The number of rotatable bonds is 5. The molecule has 0 fully saturated rings. The van der Waals surface area contributed by atoms with Gasteiger partial charge in [0.2, 0.25) is 0 Å². The van der Waals surface area contributed by atoms with Gasteiger partial charge in [-0.1, -0.05) is 137 Å². The van der Waals surface area contributed by atoms with Gasteiger partial charge in [-0.2, -0.15) is 0 Å². The Kier molecular flexibility index (Phi) is 8.96. The first-order chi connectivity index (χ1) is 27.7. The van der Waals surface area contributed by atoms with Gasteiger partial charge in [0.15, 0.2) is 0 Å². The summed E-state index contributed by atoms with van der Waals surface area (Å²) in [5.74, 6) is 0. The van der Waals surface area contributed by atoms with Gasteiger partial charge < -0.3 is 14.7 Å². The van der Waals surface area contributed by atoms with Crippen molar-refractivity contribution in [3.05, 3.63) is 179 Å². The fourth-order valence-electron chi connectivity index (χ4n) is 8.97. The number of nitrogens with zero attached hydrogens (tertiary/aromatic N) is 3. The maximum Gasteiger partial charge on any atom is 0.252 e. The van der Waals surface area contributed by atoms with Gasteiger partial charge in [-0.25, -0.2) is 0 Å². The molecule has 4 heteroatoms. The molecule has 9 rings (SSSR count). The first kappa shape index (κ1) is 37.6. The zero-order valence-corrected chi connectivity index (χ0v) is 35.8. The fraction of sp³-hybridized carbons (Fsp3) is 0.222. The van der Waals surface area contributed by atoms with Crippen LogP contribution in [0.5, 0.6) is 0 Å². The second kappa shape index (κ2) is 13.8. The second-order valence-electron chi connectivity index (χ2n) is 18.7. The molecular formula is C54H54BN3. The molecule has 0 amide bonds. The number of benzene rings is 7. The predicted octanol–water partition coefficient (Wildman–Crippen LogP) is 13.1. The zero-order chi connectivity index (χ0) is 40.7. The van der Waals surface area contributed by atoms with E-state index in [-0.39, 0.29) is 17.5 Å².